The van der Waals surface area contributed by atoms with Gasteiger partial charge in [0.25, 0.3) is 10.0 Å². The molecule has 0 spiro atoms. The van der Waals surface area contributed by atoms with E-state index in [0.717, 1.165) is 8.95 Å². The molecule has 0 aromatic heterocycles. The second kappa shape index (κ2) is 5.95. The standard InChI is InChI=1S/C12H8Br3NO2S/c13-8-1-4-10(5-2-8)19(17,18)16-12-6-3-9(14)7-11(12)15/h1-7,16H. The molecule has 0 radical (unpaired) electrons. The average Bonchev–Trinajstić information content (AvgIpc) is 2.33. The first kappa shape index (κ1) is 15.0. The highest BCUT2D eigenvalue weighted by atomic mass is 79.9. The van der Waals surface area contributed by atoms with Gasteiger partial charge in [0.2, 0.25) is 0 Å². The molecule has 0 saturated carbocycles. The van der Waals surface area contributed by atoms with Crippen LogP contribution < -0.4 is 4.72 Å². The van der Waals surface area contributed by atoms with E-state index in [9.17, 15) is 8.42 Å². The fraction of sp³-hybridized carbons (Fsp3) is 0. The quantitative estimate of drug-likeness (QED) is 0.703. The molecule has 7 heteroatoms. The van der Waals surface area contributed by atoms with Gasteiger partial charge in [-0.05, 0) is 58.4 Å². The first-order valence-corrected chi connectivity index (χ1v) is 8.98. The van der Waals surface area contributed by atoms with E-state index in [1.165, 1.54) is 0 Å². The van der Waals surface area contributed by atoms with Gasteiger partial charge in [0.15, 0.2) is 0 Å². The second-order valence-electron chi connectivity index (χ2n) is 3.68. The molecule has 0 atom stereocenters. The van der Waals surface area contributed by atoms with Crippen LogP contribution in [0.15, 0.2) is 60.8 Å². The SMILES string of the molecule is O=S(=O)(Nc1ccc(Br)cc1Br)c1ccc(Br)cc1. The smallest absolute Gasteiger partial charge is 0.261 e. The van der Waals surface area contributed by atoms with Crippen molar-refractivity contribution in [2.45, 2.75) is 4.90 Å². The van der Waals surface area contributed by atoms with E-state index in [2.05, 4.69) is 52.5 Å². The molecular formula is C12H8Br3NO2S. The molecule has 0 aliphatic carbocycles. The van der Waals surface area contributed by atoms with Crippen molar-refractivity contribution in [1.82, 2.24) is 0 Å². The van der Waals surface area contributed by atoms with Crippen LogP contribution in [0.2, 0.25) is 0 Å². The summed E-state index contributed by atoms with van der Waals surface area (Å²) in [6, 6.07) is 11.7. The summed E-state index contributed by atoms with van der Waals surface area (Å²) in [6.45, 7) is 0. The summed E-state index contributed by atoms with van der Waals surface area (Å²) < 4.78 is 29.3. The minimum Gasteiger partial charge on any atom is -0.278 e. The molecule has 0 heterocycles. The number of hydrogen-bond acceptors (Lipinski definition) is 2. The van der Waals surface area contributed by atoms with Crippen LogP contribution in [0.1, 0.15) is 0 Å². The average molecular weight is 470 g/mol. The Labute approximate surface area is 136 Å². The van der Waals surface area contributed by atoms with Gasteiger partial charge in [-0.1, -0.05) is 31.9 Å². The van der Waals surface area contributed by atoms with E-state index in [0.29, 0.717) is 10.2 Å². The van der Waals surface area contributed by atoms with Crippen molar-refractivity contribution in [1.29, 1.82) is 0 Å². The van der Waals surface area contributed by atoms with E-state index in [1.807, 2.05) is 0 Å². The number of halogens is 3. The lowest BCUT2D eigenvalue weighted by atomic mass is 10.3. The zero-order valence-corrected chi connectivity index (χ0v) is 15.0. The molecule has 0 aliphatic heterocycles. The van der Waals surface area contributed by atoms with E-state index >= 15 is 0 Å². The van der Waals surface area contributed by atoms with Crippen LogP contribution in [0.25, 0.3) is 0 Å². The third kappa shape index (κ3) is 3.81. The molecule has 3 nitrogen and oxygen atoms in total. The van der Waals surface area contributed by atoms with Crippen molar-refractivity contribution in [2.24, 2.45) is 0 Å². The van der Waals surface area contributed by atoms with Crippen LogP contribution in [-0.4, -0.2) is 8.42 Å². The third-order valence-electron chi connectivity index (χ3n) is 2.30. The fourth-order valence-corrected chi connectivity index (χ4v) is 4.01. The highest BCUT2D eigenvalue weighted by Crippen LogP contribution is 2.28. The molecular weight excluding hydrogens is 462 g/mol. The van der Waals surface area contributed by atoms with Crippen LogP contribution in [0.3, 0.4) is 0 Å². The monoisotopic (exact) mass is 467 g/mol. The lowest BCUT2D eigenvalue weighted by Gasteiger charge is -2.10. The summed E-state index contributed by atoms with van der Waals surface area (Å²) in [5.41, 5.74) is 0.492. The highest BCUT2D eigenvalue weighted by Gasteiger charge is 2.15. The number of rotatable bonds is 3. The van der Waals surface area contributed by atoms with Gasteiger partial charge in [0.1, 0.15) is 0 Å². The molecule has 0 fully saturated rings. The zero-order chi connectivity index (χ0) is 14.0. The molecule has 100 valence electrons. The third-order valence-corrected chi connectivity index (χ3v) is 5.36. The van der Waals surface area contributed by atoms with Crippen molar-refractivity contribution in [2.75, 3.05) is 4.72 Å². The summed E-state index contributed by atoms with van der Waals surface area (Å²) in [7, 11) is -3.58. The maximum Gasteiger partial charge on any atom is 0.261 e. The van der Waals surface area contributed by atoms with Crippen molar-refractivity contribution < 1.29 is 8.42 Å². The van der Waals surface area contributed by atoms with Gasteiger partial charge in [-0.3, -0.25) is 4.72 Å². The number of sulfonamides is 1. The molecule has 0 unspecified atom stereocenters. The fourth-order valence-electron chi connectivity index (χ4n) is 1.39. The minimum absolute atomic E-state index is 0.213. The first-order valence-electron chi connectivity index (χ1n) is 5.12. The molecule has 19 heavy (non-hydrogen) atoms. The van der Waals surface area contributed by atoms with Gasteiger partial charge >= 0.3 is 0 Å². The van der Waals surface area contributed by atoms with Crippen LogP contribution in [-0.2, 0) is 10.0 Å². The van der Waals surface area contributed by atoms with Gasteiger partial charge in [0.05, 0.1) is 10.6 Å². The number of nitrogens with one attached hydrogen (secondary N) is 1. The topological polar surface area (TPSA) is 46.2 Å². The molecule has 2 rings (SSSR count). The Morgan fingerprint density at radius 3 is 2.00 bits per heavy atom. The number of anilines is 1. The Morgan fingerprint density at radius 2 is 1.42 bits per heavy atom. The normalized spacial score (nSPS) is 11.3. The molecule has 0 saturated heterocycles. The molecule has 2 aromatic carbocycles. The first-order chi connectivity index (χ1) is 8.88. The second-order valence-corrected chi connectivity index (χ2v) is 8.05. The molecule has 0 amide bonds. The summed E-state index contributed by atoms with van der Waals surface area (Å²) in [4.78, 5) is 0.213. The van der Waals surface area contributed by atoms with Crippen molar-refractivity contribution in [3.63, 3.8) is 0 Å². The Balaban J connectivity index is 2.33. The lowest BCUT2D eigenvalue weighted by Crippen LogP contribution is -2.13. The molecule has 2 aromatic rings. The lowest BCUT2D eigenvalue weighted by molar-refractivity contribution is 0.601. The van der Waals surface area contributed by atoms with Gasteiger partial charge < -0.3 is 0 Å². The summed E-state index contributed by atoms with van der Waals surface area (Å²) in [5.74, 6) is 0. The van der Waals surface area contributed by atoms with E-state index in [1.54, 1.807) is 42.5 Å². The molecule has 1 N–H and O–H groups in total. The zero-order valence-electron chi connectivity index (χ0n) is 9.40. The maximum absolute atomic E-state index is 12.2. The Bertz CT molecular complexity index is 699. The summed E-state index contributed by atoms with van der Waals surface area (Å²) in [6.07, 6.45) is 0. The summed E-state index contributed by atoms with van der Waals surface area (Å²) >= 11 is 9.91. The van der Waals surface area contributed by atoms with E-state index in [-0.39, 0.29) is 4.90 Å². The van der Waals surface area contributed by atoms with Gasteiger partial charge in [-0.2, -0.15) is 0 Å². The van der Waals surface area contributed by atoms with Crippen LogP contribution >= 0.6 is 47.8 Å². The summed E-state index contributed by atoms with van der Waals surface area (Å²) in [5, 5.41) is 0. The Morgan fingerprint density at radius 1 is 0.842 bits per heavy atom. The van der Waals surface area contributed by atoms with Crippen LogP contribution in [0.4, 0.5) is 5.69 Å². The van der Waals surface area contributed by atoms with E-state index in [4.69, 9.17) is 0 Å². The number of benzene rings is 2. The Hall–Kier alpha value is -0.370. The Kier molecular flexibility index (Phi) is 4.70. The van der Waals surface area contributed by atoms with E-state index < -0.39 is 10.0 Å². The number of hydrogen-bond donors (Lipinski definition) is 1. The van der Waals surface area contributed by atoms with Gasteiger partial charge in [-0.25, -0.2) is 8.42 Å². The van der Waals surface area contributed by atoms with Crippen LogP contribution in [0.5, 0.6) is 0 Å². The van der Waals surface area contributed by atoms with Crippen molar-refractivity contribution >= 4 is 63.5 Å². The minimum atomic E-state index is -3.58. The van der Waals surface area contributed by atoms with Crippen LogP contribution in [0, 0.1) is 0 Å². The van der Waals surface area contributed by atoms with Crippen molar-refractivity contribution in [3.05, 3.63) is 55.9 Å². The highest BCUT2D eigenvalue weighted by molar-refractivity contribution is 9.11. The maximum atomic E-state index is 12.2. The predicted molar refractivity (Wildman–Crippen MR) is 86.8 cm³/mol. The molecule has 0 bridgehead atoms. The van der Waals surface area contributed by atoms with Gasteiger partial charge in [0, 0.05) is 13.4 Å². The largest absolute Gasteiger partial charge is 0.278 e. The molecule has 0 aliphatic rings. The van der Waals surface area contributed by atoms with Crippen molar-refractivity contribution in [3.8, 4) is 0 Å². The van der Waals surface area contributed by atoms with Gasteiger partial charge in [-0.15, -0.1) is 0 Å². The predicted octanol–water partition coefficient (Wildman–Crippen LogP) is 4.77.